The first-order chi connectivity index (χ1) is 10.6. The molecule has 116 valence electrons. The van der Waals surface area contributed by atoms with Gasteiger partial charge in [-0.05, 0) is 65.6 Å². The zero-order chi connectivity index (χ0) is 15.8. The number of aryl methyl sites for hydroxylation is 1. The highest BCUT2D eigenvalue weighted by Gasteiger charge is 2.08. The van der Waals surface area contributed by atoms with Crippen molar-refractivity contribution in [2.45, 2.75) is 32.4 Å². The van der Waals surface area contributed by atoms with Gasteiger partial charge in [-0.1, -0.05) is 42.5 Å². The van der Waals surface area contributed by atoms with Crippen LogP contribution in [0.2, 0.25) is 0 Å². The number of benzene rings is 2. The Bertz CT molecular complexity index is 584. The second kappa shape index (κ2) is 8.78. The van der Waals surface area contributed by atoms with E-state index in [4.69, 9.17) is 4.74 Å². The smallest absolute Gasteiger partial charge is 0.407 e. The van der Waals surface area contributed by atoms with Crippen LogP contribution in [0.15, 0.2) is 54.6 Å². The van der Waals surface area contributed by atoms with Gasteiger partial charge in [0.1, 0.15) is 6.61 Å². The molecule has 0 spiro atoms. The van der Waals surface area contributed by atoms with Gasteiger partial charge in [0.15, 0.2) is 0 Å². The monoisotopic (exact) mass is 409 g/mol. The summed E-state index contributed by atoms with van der Waals surface area (Å²) in [6, 6.07) is 18.2. The fourth-order valence-corrected chi connectivity index (χ4v) is 2.43. The van der Waals surface area contributed by atoms with Crippen molar-refractivity contribution >= 4 is 28.7 Å². The number of alkyl carbamates (subject to hydrolysis) is 1. The van der Waals surface area contributed by atoms with Crippen LogP contribution in [-0.2, 0) is 17.8 Å². The van der Waals surface area contributed by atoms with Gasteiger partial charge < -0.3 is 10.1 Å². The lowest BCUT2D eigenvalue weighted by atomic mass is 10.1. The van der Waals surface area contributed by atoms with Gasteiger partial charge in [0.25, 0.3) is 0 Å². The van der Waals surface area contributed by atoms with Gasteiger partial charge in [-0.15, -0.1) is 0 Å². The van der Waals surface area contributed by atoms with Crippen LogP contribution in [0.3, 0.4) is 0 Å². The lowest BCUT2D eigenvalue weighted by Gasteiger charge is -2.14. The highest BCUT2D eigenvalue weighted by molar-refractivity contribution is 14.1. The summed E-state index contributed by atoms with van der Waals surface area (Å²) in [7, 11) is 0. The number of hydrogen-bond donors (Lipinski definition) is 1. The number of carbonyl (C=O) groups is 1. The van der Waals surface area contributed by atoms with Gasteiger partial charge >= 0.3 is 6.09 Å². The van der Waals surface area contributed by atoms with E-state index in [0.29, 0.717) is 6.61 Å². The van der Waals surface area contributed by atoms with E-state index in [0.717, 1.165) is 18.4 Å². The van der Waals surface area contributed by atoms with Crippen molar-refractivity contribution in [1.82, 2.24) is 5.32 Å². The van der Waals surface area contributed by atoms with Gasteiger partial charge in [-0.3, -0.25) is 0 Å². The van der Waals surface area contributed by atoms with E-state index in [1.54, 1.807) is 0 Å². The van der Waals surface area contributed by atoms with Crippen molar-refractivity contribution in [3.63, 3.8) is 0 Å². The fraction of sp³-hybridized carbons (Fsp3) is 0.278. The number of rotatable bonds is 6. The summed E-state index contributed by atoms with van der Waals surface area (Å²) < 4.78 is 6.45. The number of ether oxygens (including phenoxy) is 1. The molecule has 2 aromatic rings. The van der Waals surface area contributed by atoms with Crippen molar-refractivity contribution in [2.75, 3.05) is 0 Å². The molecular formula is C18H20INO2. The first-order valence-corrected chi connectivity index (χ1v) is 8.43. The lowest BCUT2D eigenvalue weighted by molar-refractivity contribution is 0.136. The van der Waals surface area contributed by atoms with Crippen molar-refractivity contribution in [2.24, 2.45) is 0 Å². The summed E-state index contributed by atoms with van der Waals surface area (Å²) >= 11 is 2.29. The summed E-state index contributed by atoms with van der Waals surface area (Å²) in [5, 5.41) is 2.87. The van der Waals surface area contributed by atoms with Crippen LogP contribution in [0.25, 0.3) is 0 Å². The van der Waals surface area contributed by atoms with Gasteiger partial charge in [-0.25, -0.2) is 4.79 Å². The van der Waals surface area contributed by atoms with Gasteiger partial charge in [-0.2, -0.15) is 0 Å². The molecule has 4 heteroatoms. The predicted molar refractivity (Wildman–Crippen MR) is 96.7 cm³/mol. The molecule has 0 aliphatic carbocycles. The number of nitrogens with one attached hydrogen (secondary N) is 1. The third-order valence-electron chi connectivity index (χ3n) is 3.36. The van der Waals surface area contributed by atoms with Gasteiger partial charge in [0.2, 0.25) is 0 Å². The SMILES string of the molecule is CC(CCc1ccc(I)cc1)NC(=O)OCc1ccccc1. The summed E-state index contributed by atoms with van der Waals surface area (Å²) in [5.74, 6) is 0. The Balaban J connectivity index is 1.68. The number of carbonyl (C=O) groups excluding carboxylic acids is 1. The Morgan fingerprint density at radius 2 is 1.77 bits per heavy atom. The average molecular weight is 409 g/mol. The molecule has 0 aromatic heterocycles. The minimum absolute atomic E-state index is 0.0857. The fourth-order valence-electron chi connectivity index (χ4n) is 2.07. The highest BCUT2D eigenvalue weighted by atomic mass is 127. The molecule has 0 radical (unpaired) electrons. The van der Waals surface area contributed by atoms with Crippen LogP contribution in [0.5, 0.6) is 0 Å². The summed E-state index contributed by atoms with van der Waals surface area (Å²) in [4.78, 5) is 11.7. The summed E-state index contributed by atoms with van der Waals surface area (Å²) in [6.07, 6.45) is 1.47. The Morgan fingerprint density at radius 1 is 1.09 bits per heavy atom. The Kier molecular flexibility index (Phi) is 6.71. The van der Waals surface area contributed by atoms with Crippen LogP contribution < -0.4 is 5.32 Å². The average Bonchev–Trinajstić information content (AvgIpc) is 2.53. The van der Waals surface area contributed by atoms with Crippen LogP contribution >= 0.6 is 22.6 Å². The minimum atomic E-state index is -0.362. The molecule has 1 amide bonds. The molecule has 0 saturated heterocycles. The van der Waals surface area contributed by atoms with Crippen molar-refractivity contribution < 1.29 is 9.53 Å². The van der Waals surface area contributed by atoms with E-state index in [1.807, 2.05) is 37.3 Å². The number of amides is 1. The molecule has 0 aliphatic heterocycles. The maximum absolute atomic E-state index is 11.7. The second-order valence-corrected chi connectivity index (χ2v) is 6.52. The largest absolute Gasteiger partial charge is 0.445 e. The van der Waals surface area contributed by atoms with Crippen molar-refractivity contribution in [3.05, 3.63) is 69.3 Å². The molecule has 22 heavy (non-hydrogen) atoms. The number of hydrogen-bond acceptors (Lipinski definition) is 2. The van der Waals surface area contributed by atoms with Crippen molar-refractivity contribution in [1.29, 1.82) is 0 Å². The van der Waals surface area contributed by atoms with E-state index in [-0.39, 0.29) is 12.1 Å². The standard InChI is InChI=1S/C18H20INO2/c1-14(7-8-15-9-11-17(19)12-10-15)20-18(21)22-13-16-5-3-2-4-6-16/h2-6,9-12,14H,7-8,13H2,1H3,(H,20,21). The Labute approximate surface area is 145 Å². The molecule has 0 aliphatic rings. The third kappa shape index (κ3) is 6.05. The molecule has 0 fully saturated rings. The molecular weight excluding hydrogens is 389 g/mol. The van der Waals surface area contributed by atoms with Crippen LogP contribution in [0.1, 0.15) is 24.5 Å². The zero-order valence-corrected chi connectivity index (χ0v) is 14.7. The van der Waals surface area contributed by atoms with E-state index < -0.39 is 0 Å². The van der Waals surface area contributed by atoms with Crippen LogP contribution in [0.4, 0.5) is 4.79 Å². The van der Waals surface area contributed by atoms with Gasteiger partial charge in [0.05, 0.1) is 0 Å². The molecule has 1 unspecified atom stereocenters. The quantitative estimate of drug-likeness (QED) is 0.712. The molecule has 0 saturated carbocycles. The predicted octanol–water partition coefficient (Wildman–Crippen LogP) is 4.54. The summed E-state index contributed by atoms with van der Waals surface area (Å²) in [5.41, 5.74) is 2.27. The van der Waals surface area contributed by atoms with Crippen LogP contribution in [-0.4, -0.2) is 12.1 Å². The second-order valence-electron chi connectivity index (χ2n) is 5.27. The third-order valence-corrected chi connectivity index (χ3v) is 4.08. The van der Waals surface area contributed by atoms with E-state index in [9.17, 15) is 4.79 Å². The molecule has 0 bridgehead atoms. The lowest BCUT2D eigenvalue weighted by Crippen LogP contribution is -2.33. The Hall–Kier alpha value is -1.56. The molecule has 1 atom stereocenters. The molecule has 2 rings (SSSR count). The maximum atomic E-state index is 11.7. The van der Waals surface area contributed by atoms with E-state index in [1.165, 1.54) is 9.13 Å². The first-order valence-electron chi connectivity index (χ1n) is 7.35. The molecule has 1 N–H and O–H groups in total. The molecule has 0 heterocycles. The van der Waals surface area contributed by atoms with Gasteiger partial charge in [0, 0.05) is 9.61 Å². The Morgan fingerprint density at radius 3 is 2.45 bits per heavy atom. The summed E-state index contributed by atoms with van der Waals surface area (Å²) in [6.45, 7) is 2.30. The first kappa shape index (κ1) is 16.8. The molecule has 2 aromatic carbocycles. The number of halogens is 1. The minimum Gasteiger partial charge on any atom is -0.445 e. The zero-order valence-electron chi connectivity index (χ0n) is 12.6. The van der Waals surface area contributed by atoms with Crippen molar-refractivity contribution in [3.8, 4) is 0 Å². The highest BCUT2D eigenvalue weighted by Crippen LogP contribution is 2.10. The van der Waals surface area contributed by atoms with E-state index >= 15 is 0 Å². The normalized spacial score (nSPS) is 11.7. The van der Waals surface area contributed by atoms with Crippen LogP contribution in [0, 0.1) is 3.57 Å². The molecule has 3 nitrogen and oxygen atoms in total. The topological polar surface area (TPSA) is 38.3 Å². The van der Waals surface area contributed by atoms with E-state index in [2.05, 4.69) is 52.2 Å². The maximum Gasteiger partial charge on any atom is 0.407 e.